The number of hydrogen-bond acceptors (Lipinski definition) is 7. The van der Waals surface area contributed by atoms with Gasteiger partial charge in [-0.2, -0.15) is 5.26 Å². The van der Waals surface area contributed by atoms with Gasteiger partial charge in [0.1, 0.15) is 6.07 Å². The molecular formula is C12H7Cl3N2O5. The van der Waals surface area contributed by atoms with Gasteiger partial charge in [-0.15, -0.1) is 0 Å². The Balaban J connectivity index is 2.77. The van der Waals surface area contributed by atoms with Crippen LogP contribution < -0.4 is 4.74 Å². The summed E-state index contributed by atoms with van der Waals surface area (Å²) >= 11 is 17.2. The Morgan fingerprint density at radius 2 is 1.86 bits per heavy atom. The Bertz CT molecular complexity index is 669. The van der Waals surface area contributed by atoms with Crippen LogP contribution in [0.1, 0.15) is 6.92 Å². The molecule has 1 rings (SSSR count). The highest BCUT2D eigenvalue weighted by atomic mass is 35.5. The van der Waals surface area contributed by atoms with Crippen LogP contribution in [0.25, 0.3) is 0 Å². The summed E-state index contributed by atoms with van der Waals surface area (Å²) in [6.45, 7) is 1.57. The molecule has 10 heteroatoms. The van der Waals surface area contributed by atoms with E-state index in [1.54, 1.807) is 0 Å². The second-order valence-electron chi connectivity index (χ2n) is 3.41. The van der Waals surface area contributed by atoms with Crippen LogP contribution in [-0.4, -0.2) is 24.4 Å². The number of hydrogen-bond donors (Lipinski definition) is 0. The summed E-state index contributed by atoms with van der Waals surface area (Å²) in [6, 6.07) is 3.86. The van der Waals surface area contributed by atoms with Crippen LogP contribution in [0, 0.1) is 11.3 Å². The number of oxime groups is 1. The smallest absolute Gasteiger partial charge is 0.461 e. The maximum Gasteiger partial charge on any atom is 0.540 e. The first-order valence-electron chi connectivity index (χ1n) is 5.57. The molecule has 116 valence electrons. The number of esters is 1. The summed E-state index contributed by atoms with van der Waals surface area (Å²) in [5, 5.41) is 12.0. The van der Waals surface area contributed by atoms with Crippen molar-refractivity contribution in [2.24, 2.45) is 5.16 Å². The number of halogens is 3. The number of benzene rings is 1. The molecule has 0 amide bonds. The van der Waals surface area contributed by atoms with Crippen molar-refractivity contribution in [1.29, 1.82) is 5.26 Å². The molecule has 0 saturated heterocycles. The summed E-state index contributed by atoms with van der Waals surface area (Å²) in [5.74, 6) is -1.17. The summed E-state index contributed by atoms with van der Waals surface area (Å²) in [5.41, 5.74) is -0.751. The lowest BCUT2D eigenvalue weighted by Gasteiger charge is -2.05. The van der Waals surface area contributed by atoms with E-state index in [-0.39, 0.29) is 27.4 Å². The minimum absolute atomic E-state index is 0.00114. The molecular weight excluding hydrogens is 358 g/mol. The van der Waals surface area contributed by atoms with Crippen LogP contribution in [0.4, 0.5) is 4.79 Å². The fourth-order valence-electron chi connectivity index (χ4n) is 1.08. The zero-order valence-electron chi connectivity index (χ0n) is 10.9. The van der Waals surface area contributed by atoms with Gasteiger partial charge in [-0.3, -0.25) is 4.84 Å². The molecule has 0 aromatic heterocycles. The van der Waals surface area contributed by atoms with E-state index in [9.17, 15) is 9.59 Å². The van der Waals surface area contributed by atoms with E-state index in [0.717, 1.165) is 0 Å². The van der Waals surface area contributed by atoms with Crippen molar-refractivity contribution in [2.75, 3.05) is 6.61 Å². The molecule has 0 atom stereocenters. The third-order valence-electron chi connectivity index (χ3n) is 1.95. The Morgan fingerprint density at radius 1 is 1.23 bits per heavy atom. The van der Waals surface area contributed by atoms with Gasteiger partial charge in [-0.25, -0.2) is 9.59 Å². The van der Waals surface area contributed by atoms with Crippen LogP contribution in [0.15, 0.2) is 17.3 Å². The van der Waals surface area contributed by atoms with E-state index in [0.29, 0.717) is 0 Å². The van der Waals surface area contributed by atoms with Crippen LogP contribution >= 0.6 is 34.8 Å². The molecule has 0 saturated carbocycles. The molecule has 0 fully saturated rings. The van der Waals surface area contributed by atoms with Gasteiger partial charge >= 0.3 is 12.1 Å². The quantitative estimate of drug-likeness (QED) is 0.202. The van der Waals surface area contributed by atoms with E-state index >= 15 is 0 Å². The van der Waals surface area contributed by atoms with E-state index in [1.165, 1.54) is 25.1 Å². The van der Waals surface area contributed by atoms with Gasteiger partial charge in [0.05, 0.1) is 21.7 Å². The molecule has 0 bridgehead atoms. The van der Waals surface area contributed by atoms with Crippen LogP contribution in [-0.2, 0) is 14.4 Å². The Kier molecular flexibility index (Phi) is 6.92. The average molecular weight is 366 g/mol. The lowest BCUT2D eigenvalue weighted by Crippen LogP contribution is -2.17. The van der Waals surface area contributed by atoms with Crippen molar-refractivity contribution in [3.8, 4) is 11.8 Å². The van der Waals surface area contributed by atoms with Gasteiger partial charge in [0, 0.05) is 6.07 Å². The van der Waals surface area contributed by atoms with Crippen LogP contribution in [0.2, 0.25) is 15.1 Å². The normalized spacial score (nSPS) is 10.6. The predicted molar refractivity (Wildman–Crippen MR) is 78.3 cm³/mol. The van der Waals surface area contributed by atoms with Crippen LogP contribution in [0.3, 0.4) is 0 Å². The van der Waals surface area contributed by atoms with Crippen molar-refractivity contribution in [2.45, 2.75) is 6.92 Å². The zero-order valence-corrected chi connectivity index (χ0v) is 13.2. The monoisotopic (exact) mass is 364 g/mol. The third kappa shape index (κ3) is 5.07. The standard InChI is InChI=1S/C12H7Cl3N2O5/c1-2-20-11(18)9(5-16)17-22-12(19)21-10-4-7(14)6(13)3-8(10)15/h3-4H,2H2,1H3. The minimum atomic E-state index is -1.34. The average Bonchev–Trinajstić information content (AvgIpc) is 2.45. The summed E-state index contributed by atoms with van der Waals surface area (Å²) in [4.78, 5) is 26.9. The molecule has 7 nitrogen and oxygen atoms in total. The lowest BCUT2D eigenvalue weighted by atomic mass is 10.3. The summed E-state index contributed by atoms with van der Waals surface area (Å²) < 4.78 is 9.23. The highest BCUT2D eigenvalue weighted by Gasteiger charge is 2.16. The number of ether oxygens (including phenoxy) is 2. The molecule has 0 unspecified atom stereocenters. The summed E-state index contributed by atoms with van der Waals surface area (Å²) in [6.07, 6.45) is -1.34. The first-order chi connectivity index (χ1) is 10.4. The highest BCUT2D eigenvalue weighted by Crippen LogP contribution is 2.33. The molecule has 1 aromatic carbocycles. The van der Waals surface area contributed by atoms with Crippen molar-refractivity contribution < 1.29 is 23.9 Å². The van der Waals surface area contributed by atoms with E-state index in [1.807, 2.05) is 0 Å². The Morgan fingerprint density at radius 3 is 2.45 bits per heavy atom. The van der Waals surface area contributed by atoms with Crippen molar-refractivity contribution in [3.05, 3.63) is 27.2 Å². The largest absolute Gasteiger partial charge is 0.540 e. The maximum atomic E-state index is 11.4. The van der Waals surface area contributed by atoms with Gasteiger partial charge in [-0.05, 0) is 13.0 Å². The van der Waals surface area contributed by atoms with Gasteiger partial charge in [0.2, 0.25) is 0 Å². The highest BCUT2D eigenvalue weighted by molar-refractivity contribution is 6.43. The molecule has 0 spiro atoms. The SMILES string of the molecule is CCOC(=O)C(C#N)=NOC(=O)Oc1cc(Cl)c(Cl)cc1Cl. The van der Waals surface area contributed by atoms with Gasteiger partial charge < -0.3 is 9.47 Å². The van der Waals surface area contributed by atoms with Crippen molar-refractivity contribution in [1.82, 2.24) is 0 Å². The lowest BCUT2D eigenvalue weighted by molar-refractivity contribution is -0.135. The molecule has 0 aliphatic rings. The third-order valence-corrected chi connectivity index (χ3v) is 2.97. The van der Waals surface area contributed by atoms with Gasteiger partial charge in [0.15, 0.2) is 5.75 Å². The van der Waals surface area contributed by atoms with Crippen molar-refractivity contribution >= 4 is 52.6 Å². The Labute approximate surface area is 139 Å². The maximum absolute atomic E-state index is 11.4. The van der Waals surface area contributed by atoms with Gasteiger partial charge in [0.25, 0.3) is 5.71 Å². The van der Waals surface area contributed by atoms with Crippen molar-refractivity contribution in [3.63, 3.8) is 0 Å². The number of rotatable bonds is 4. The van der Waals surface area contributed by atoms with E-state index in [4.69, 9.17) is 44.8 Å². The predicted octanol–water partition coefficient (Wildman–Crippen LogP) is 3.60. The number of nitriles is 1. The first kappa shape index (κ1) is 18.0. The Hall–Kier alpha value is -2.01. The fourth-order valence-corrected chi connectivity index (χ4v) is 1.65. The number of nitrogens with zero attached hydrogens (tertiary/aromatic N) is 2. The molecule has 0 N–H and O–H groups in total. The second kappa shape index (κ2) is 8.44. The number of carbonyl (C=O) groups excluding carboxylic acids is 2. The first-order valence-corrected chi connectivity index (χ1v) is 6.71. The molecule has 22 heavy (non-hydrogen) atoms. The van der Waals surface area contributed by atoms with E-state index < -0.39 is 17.8 Å². The topological polar surface area (TPSA) is 98.0 Å². The van der Waals surface area contributed by atoms with Gasteiger partial charge in [-0.1, -0.05) is 40.0 Å². The molecule has 0 aliphatic carbocycles. The molecule has 0 aliphatic heterocycles. The zero-order chi connectivity index (χ0) is 16.7. The minimum Gasteiger partial charge on any atom is -0.461 e. The fraction of sp³-hybridized carbons (Fsp3) is 0.167. The molecule has 0 radical (unpaired) electrons. The number of carbonyl (C=O) groups is 2. The van der Waals surface area contributed by atoms with Crippen LogP contribution in [0.5, 0.6) is 5.75 Å². The molecule has 1 aromatic rings. The van der Waals surface area contributed by atoms with E-state index in [2.05, 4.69) is 14.7 Å². The summed E-state index contributed by atoms with van der Waals surface area (Å²) in [7, 11) is 0. The molecule has 0 heterocycles. The second-order valence-corrected chi connectivity index (χ2v) is 4.63.